The number of rotatable bonds is 3. The maximum Gasteiger partial charge on any atom is 0.253 e. The van der Waals surface area contributed by atoms with Crippen LogP contribution in [0.4, 0.5) is 5.69 Å². The smallest absolute Gasteiger partial charge is 0.253 e. The van der Waals surface area contributed by atoms with Gasteiger partial charge in [0.2, 0.25) is 0 Å². The van der Waals surface area contributed by atoms with Crippen LogP contribution in [0.5, 0.6) is 0 Å². The van der Waals surface area contributed by atoms with Crippen molar-refractivity contribution in [1.29, 1.82) is 0 Å². The zero-order valence-electron chi connectivity index (χ0n) is 13.4. The number of nitrogens with one attached hydrogen (secondary N) is 2. The quantitative estimate of drug-likeness (QED) is 0.766. The van der Waals surface area contributed by atoms with E-state index in [0.717, 1.165) is 24.9 Å². The standard InChI is InChI=1S/C17H18N6O/c1-23-16-15(21-22-23)8-12(10-19-16)17(24)20-9-11-4-2-6-14-13(11)5-3-7-18-14/h2,4,6,8,10,18H,3,5,7,9H2,1H3,(H,20,24). The molecule has 0 saturated carbocycles. The van der Waals surface area contributed by atoms with E-state index in [1.807, 2.05) is 6.07 Å². The number of pyridine rings is 1. The number of benzene rings is 1. The Morgan fingerprint density at radius 2 is 2.33 bits per heavy atom. The molecule has 0 unspecified atom stereocenters. The van der Waals surface area contributed by atoms with E-state index < -0.39 is 0 Å². The van der Waals surface area contributed by atoms with Crippen molar-refractivity contribution >= 4 is 22.8 Å². The van der Waals surface area contributed by atoms with Crippen LogP contribution in [-0.4, -0.2) is 32.4 Å². The molecule has 0 saturated heterocycles. The summed E-state index contributed by atoms with van der Waals surface area (Å²) in [6, 6.07) is 7.89. The fourth-order valence-electron chi connectivity index (χ4n) is 3.08. The lowest BCUT2D eigenvalue weighted by molar-refractivity contribution is 0.0950. The minimum absolute atomic E-state index is 0.156. The average molecular weight is 322 g/mol. The van der Waals surface area contributed by atoms with Gasteiger partial charge in [-0.05, 0) is 36.1 Å². The first-order valence-electron chi connectivity index (χ1n) is 8.00. The van der Waals surface area contributed by atoms with E-state index in [2.05, 4.69) is 38.1 Å². The summed E-state index contributed by atoms with van der Waals surface area (Å²) in [6.07, 6.45) is 3.72. The van der Waals surface area contributed by atoms with Crippen LogP contribution in [0.1, 0.15) is 27.9 Å². The highest BCUT2D eigenvalue weighted by Crippen LogP contribution is 2.25. The predicted molar refractivity (Wildman–Crippen MR) is 90.7 cm³/mol. The van der Waals surface area contributed by atoms with Crippen LogP contribution in [0.3, 0.4) is 0 Å². The fourth-order valence-corrected chi connectivity index (χ4v) is 3.08. The fraction of sp³-hybridized carbons (Fsp3) is 0.294. The molecule has 0 bridgehead atoms. The molecule has 2 aromatic heterocycles. The van der Waals surface area contributed by atoms with Gasteiger partial charge in [0, 0.05) is 32.0 Å². The average Bonchev–Trinajstić information content (AvgIpc) is 3.00. The summed E-state index contributed by atoms with van der Waals surface area (Å²) in [6.45, 7) is 1.51. The summed E-state index contributed by atoms with van der Waals surface area (Å²) in [5, 5.41) is 14.3. The van der Waals surface area contributed by atoms with Gasteiger partial charge in [-0.1, -0.05) is 17.3 Å². The Morgan fingerprint density at radius 3 is 3.25 bits per heavy atom. The molecule has 0 aliphatic carbocycles. The van der Waals surface area contributed by atoms with Crippen LogP contribution < -0.4 is 10.6 Å². The van der Waals surface area contributed by atoms with Crippen LogP contribution in [0.2, 0.25) is 0 Å². The molecule has 1 aromatic carbocycles. The maximum atomic E-state index is 12.4. The van der Waals surface area contributed by atoms with Crippen LogP contribution >= 0.6 is 0 Å². The normalized spacial score (nSPS) is 13.4. The number of amides is 1. The van der Waals surface area contributed by atoms with Gasteiger partial charge in [-0.15, -0.1) is 5.10 Å². The molecule has 1 aliphatic rings. The lowest BCUT2D eigenvalue weighted by Crippen LogP contribution is -2.24. The number of hydrogen-bond donors (Lipinski definition) is 2. The maximum absolute atomic E-state index is 12.4. The van der Waals surface area contributed by atoms with Gasteiger partial charge in [0.15, 0.2) is 5.65 Å². The molecular formula is C17H18N6O. The molecule has 0 spiro atoms. The van der Waals surface area contributed by atoms with E-state index >= 15 is 0 Å². The number of fused-ring (bicyclic) bond motifs is 2. The molecule has 4 rings (SSSR count). The molecule has 7 heteroatoms. The van der Waals surface area contributed by atoms with Crippen molar-refractivity contribution in [3.8, 4) is 0 Å². The van der Waals surface area contributed by atoms with Crippen molar-refractivity contribution in [3.63, 3.8) is 0 Å². The van der Waals surface area contributed by atoms with E-state index in [-0.39, 0.29) is 5.91 Å². The summed E-state index contributed by atoms with van der Waals surface area (Å²) in [4.78, 5) is 16.7. The van der Waals surface area contributed by atoms with Crippen molar-refractivity contribution < 1.29 is 4.79 Å². The highest BCUT2D eigenvalue weighted by Gasteiger charge is 2.14. The number of aryl methyl sites for hydroxylation is 1. The summed E-state index contributed by atoms with van der Waals surface area (Å²) in [7, 11) is 1.77. The van der Waals surface area contributed by atoms with E-state index in [4.69, 9.17) is 0 Å². The SMILES string of the molecule is Cn1nnc2cc(C(=O)NCc3cccc4c3CCCN4)cnc21. The van der Waals surface area contributed by atoms with Crippen molar-refractivity contribution in [2.75, 3.05) is 11.9 Å². The number of anilines is 1. The second kappa shape index (κ2) is 5.92. The predicted octanol–water partition coefficient (Wildman–Crippen LogP) is 1.65. The van der Waals surface area contributed by atoms with Crippen LogP contribution in [0.25, 0.3) is 11.2 Å². The highest BCUT2D eigenvalue weighted by atomic mass is 16.1. The molecule has 1 amide bonds. The van der Waals surface area contributed by atoms with E-state index in [1.54, 1.807) is 24.0 Å². The molecule has 122 valence electrons. The van der Waals surface area contributed by atoms with Gasteiger partial charge in [0.1, 0.15) is 5.52 Å². The molecule has 0 atom stereocenters. The zero-order chi connectivity index (χ0) is 16.5. The first-order chi connectivity index (χ1) is 11.7. The number of carbonyl (C=O) groups excluding carboxylic acids is 1. The molecular weight excluding hydrogens is 304 g/mol. The van der Waals surface area contributed by atoms with Crippen LogP contribution in [0.15, 0.2) is 30.5 Å². The van der Waals surface area contributed by atoms with E-state index in [9.17, 15) is 4.79 Å². The van der Waals surface area contributed by atoms with Gasteiger partial charge in [-0.3, -0.25) is 4.79 Å². The number of aromatic nitrogens is 4. The second-order valence-corrected chi connectivity index (χ2v) is 5.94. The first kappa shape index (κ1) is 14.6. The number of carbonyl (C=O) groups is 1. The Balaban J connectivity index is 1.52. The minimum Gasteiger partial charge on any atom is -0.385 e. The molecule has 3 aromatic rings. The summed E-state index contributed by atoms with van der Waals surface area (Å²) >= 11 is 0. The molecule has 2 N–H and O–H groups in total. The Hall–Kier alpha value is -2.96. The van der Waals surface area contributed by atoms with Crippen molar-refractivity contribution in [2.24, 2.45) is 7.05 Å². The summed E-state index contributed by atoms with van der Waals surface area (Å²) in [5.74, 6) is -0.156. The van der Waals surface area contributed by atoms with E-state index in [1.165, 1.54) is 11.3 Å². The van der Waals surface area contributed by atoms with Gasteiger partial charge < -0.3 is 10.6 Å². The van der Waals surface area contributed by atoms with Crippen LogP contribution in [0, 0.1) is 0 Å². The van der Waals surface area contributed by atoms with Gasteiger partial charge in [-0.25, -0.2) is 9.67 Å². The molecule has 3 heterocycles. The van der Waals surface area contributed by atoms with Crippen molar-refractivity contribution in [2.45, 2.75) is 19.4 Å². The molecule has 1 aliphatic heterocycles. The number of nitrogens with zero attached hydrogens (tertiary/aromatic N) is 4. The first-order valence-corrected chi connectivity index (χ1v) is 8.00. The van der Waals surface area contributed by atoms with Gasteiger partial charge >= 0.3 is 0 Å². The Morgan fingerprint density at radius 1 is 1.42 bits per heavy atom. The summed E-state index contributed by atoms with van der Waals surface area (Å²) < 4.78 is 1.58. The van der Waals surface area contributed by atoms with E-state index in [0.29, 0.717) is 23.3 Å². The Labute approximate surface area is 139 Å². The topological polar surface area (TPSA) is 84.7 Å². The van der Waals surface area contributed by atoms with Crippen molar-refractivity contribution in [3.05, 3.63) is 47.2 Å². The second-order valence-electron chi connectivity index (χ2n) is 5.94. The third-order valence-corrected chi connectivity index (χ3v) is 4.33. The summed E-state index contributed by atoms with van der Waals surface area (Å²) in [5.41, 5.74) is 5.40. The third kappa shape index (κ3) is 2.58. The van der Waals surface area contributed by atoms with Crippen molar-refractivity contribution in [1.82, 2.24) is 25.3 Å². The zero-order valence-corrected chi connectivity index (χ0v) is 13.4. The highest BCUT2D eigenvalue weighted by molar-refractivity contribution is 5.96. The Kier molecular flexibility index (Phi) is 3.60. The lowest BCUT2D eigenvalue weighted by atomic mass is 9.97. The molecule has 0 fully saturated rings. The largest absolute Gasteiger partial charge is 0.385 e. The van der Waals surface area contributed by atoms with Gasteiger partial charge in [-0.2, -0.15) is 0 Å². The lowest BCUT2D eigenvalue weighted by Gasteiger charge is -2.21. The molecule has 24 heavy (non-hydrogen) atoms. The van der Waals surface area contributed by atoms with Gasteiger partial charge in [0.05, 0.1) is 5.56 Å². The molecule has 7 nitrogen and oxygen atoms in total. The van der Waals surface area contributed by atoms with Gasteiger partial charge in [0.25, 0.3) is 5.91 Å². The Bertz CT molecular complexity index is 917. The third-order valence-electron chi connectivity index (χ3n) is 4.33. The minimum atomic E-state index is -0.156. The molecule has 0 radical (unpaired) electrons. The monoisotopic (exact) mass is 322 g/mol. The number of hydrogen-bond acceptors (Lipinski definition) is 5. The van der Waals surface area contributed by atoms with Crippen LogP contribution in [-0.2, 0) is 20.0 Å².